The summed E-state index contributed by atoms with van der Waals surface area (Å²) in [6, 6.07) is 10.4. The zero-order chi connectivity index (χ0) is 23.9. The SMILES string of the molecule is Cc1cc(C)c2[nH]c(=O)c(CN(C[C@@H]3CCCO3)S(=O)(=O)c3ccc4c(c3)OCCO4)cc2c1. The topological polar surface area (TPSA) is 97.9 Å². The van der Waals surface area contributed by atoms with Crippen molar-refractivity contribution >= 4 is 20.9 Å². The molecule has 180 valence electrons. The number of hydrogen-bond acceptors (Lipinski definition) is 6. The monoisotopic (exact) mass is 484 g/mol. The van der Waals surface area contributed by atoms with Crippen LogP contribution in [-0.4, -0.2) is 50.2 Å². The largest absolute Gasteiger partial charge is 0.486 e. The molecule has 5 rings (SSSR count). The minimum atomic E-state index is -3.94. The molecule has 0 amide bonds. The van der Waals surface area contributed by atoms with Gasteiger partial charge in [0.2, 0.25) is 10.0 Å². The summed E-state index contributed by atoms with van der Waals surface area (Å²) in [7, 11) is -3.94. The van der Waals surface area contributed by atoms with Gasteiger partial charge >= 0.3 is 0 Å². The molecule has 0 radical (unpaired) electrons. The third kappa shape index (κ3) is 4.43. The first-order chi connectivity index (χ1) is 16.3. The van der Waals surface area contributed by atoms with Crippen LogP contribution in [-0.2, 0) is 21.3 Å². The highest BCUT2D eigenvalue weighted by Crippen LogP contribution is 2.34. The highest BCUT2D eigenvalue weighted by atomic mass is 32.2. The second-order valence-corrected chi connectivity index (χ2v) is 10.8. The van der Waals surface area contributed by atoms with E-state index < -0.39 is 10.0 Å². The summed E-state index contributed by atoms with van der Waals surface area (Å²) >= 11 is 0. The van der Waals surface area contributed by atoms with Crippen molar-refractivity contribution in [3.8, 4) is 11.5 Å². The first-order valence-corrected chi connectivity index (χ1v) is 12.9. The lowest BCUT2D eigenvalue weighted by molar-refractivity contribution is 0.0925. The molecule has 0 aliphatic carbocycles. The van der Waals surface area contributed by atoms with Gasteiger partial charge in [0.15, 0.2) is 11.5 Å². The number of aromatic nitrogens is 1. The van der Waals surface area contributed by atoms with Gasteiger partial charge in [-0.3, -0.25) is 4.79 Å². The standard InChI is InChI=1S/C25H28N2O6S/c1-16-10-17(2)24-18(11-16)12-19(25(28)26-24)14-27(15-20-4-3-7-31-20)34(29,30)21-5-6-22-23(13-21)33-9-8-32-22/h5-6,10-13,20H,3-4,7-9,14-15H2,1-2H3,(H,26,28)/t20-/m0/s1. The number of H-pyrrole nitrogens is 1. The number of hydrogen-bond donors (Lipinski definition) is 1. The number of nitrogens with zero attached hydrogens (tertiary/aromatic N) is 1. The van der Waals surface area contributed by atoms with E-state index in [1.165, 1.54) is 16.4 Å². The molecule has 1 saturated heterocycles. The predicted octanol–water partition coefficient (Wildman–Crippen LogP) is 3.29. The van der Waals surface area contributed by atoms with Crippen molar-refractivity contribution in [3.63, 3.8) is 0 Å². The summed E-state index contributed by atoms with van der Waals surface area (Å²) in [5.74, 6) is 0.923. The van der Waals surface area contributed by atoms with Crippen molar-refractivity contribution in [1.82, 2.24) is 9.29 Å². The minimum absolute atomic E-state index is 0.0606. The molecule has 0 bridgehead atoms. The van der Waals surface area contributed by atoms with Crippen LogP contribution >= 0.6 is 0 Å². The Hall–Kier alpha value is -2.88. The molecule has 9 heteroatoms. The second-order valence-electron chi connectivity index (χ2n) is 8.91. The van der Waals surface area contributed by atoms with E-state index in [-0.39, 0.29) is 29.6 Å². The van der Waals surface area contributed by atoms with E-state index >= 15 is 0 Å². The van der Waals surface area contributed by atoms with Gasteiger partial charge in [0.25, 0.3) is 5.56 Å². The lowest BCUT2D eigenvalue weighted by Gasteiger charge is -2.26. The van der Waals surface area contributed by atoms with E-state index in [0.29, 0.717) is 36.9 Å². The number of pyridine rings is 1. The average Bonchev–Trinajstić information content (AvgIpc) is 3.32. The number of fused-ring (bicyclic) bond motifs is 2. The zero-order valence-corrected chi connectivity index (χ0v) is 20.1. The van der Waals surface area contributed by atoms with Crippen LogP contribution in [0.25, 0.3) is 10.9 Å². The lowest BCUT2D eigenvalue weighted by atomic mass is 10.1. The van der Waals surface area contributed by atoms with E-state index in [1.807, 2.05) is 26.0 Å². The Morgan fingerprint density at radius 3 is 2.59 bits per heavy atom. The van der Waals surface area contributed by atoms with Crippen molar-refractivity contribution in [2.24, 2.45) is 0 Å². The number of sulfonamides is 1. The molecule has 3 aromatic rings. The molecule has 0 unspecified atom stereocenters. The average molecular weight is 485 g/mol. The van der Waals surface area contributed by atoms with Crippen molar-refractivity contribution in [2.75, 3.05) is 26.4 Å². The van der Waals surface area contributed by atoms with Crippen LogP contribution in [0.4, 0.5) is 0 Å². The summed E-state index contributed by atoms with van der Waals surface area (Å²) in [4.78, 5) is 16.0. The maximum Gasteiger partial charge on any atom is 0.252 e. The maximum absolute atomic E-state index is 13.8. The number of aromatic amines is 1. The van der Waals surface area contributed by atoms with Gasteiger partial charge in [-0.25, -0.2) is 8.42 Å². The molecular formula is C25H28N2O6S. The minimum Gasteiger partial charge on any atom is -0.486 e. The molecule has 0 saturated carbocycles. The van der Waals surface area contributed by atoms with Crippen molar-refractivity contribution in [2.45, 2.75) is 44.2 Å². The van der Waals surface area contributed by atoms with Gasteiger partial charge in [-0.15, -0.1) is 0 Å². The van der Waals surface area contributed by atoms with E-state index in [1.54, 1.807) is 12.1 Å². The van der Waals surface area contributed by atoms with Gasteiger partial charge in [-0.1, -0.05) is 11.6 Å². The third-order valence-corrected chi connectivity index (χ3v) is 8.11. The summed E-state index contributed by atoms with van der Waals surface area (Å²) in [6.07, 6.45) is 1.45. The van der Waals surface area contributed by atoms with Crippen LogP contribution in [0.2, 0.25) is 0 Å². The zero-order valence-electron chi connectivity index (χ0n) is 19.3. The molecule has 1 aromatic heterocycles. The highest BCUT2D eigenvalue weighted by molar-refractivity contribution is 7.89. The second kappa shape index (κ2) is 9.05. The molecular weight excluding hydrogens is 456 g/mol. The van der Waals surface area contributed by atoms with Crippen molar-refractivity contribution in [1.29, 1.82) is 0 Å². The smallest absolute Gasteiger partial charge is 0.252 e. The van der Waals surface area contributed by atoms with Crippen LogP contribution in [0.3, 0.4) is 0 Å². The fraction of sp³-hybridized carbons (Fsp3) is 0.400. The Balaban J connectivity index is 1.54. The molecule has 1 atom stereocenters. The quantitative estimate of drug-likeness (QED) is 0.577. The molecule has 8 nitrogen and oxygen atoms in total. The number of ether oxygens (including phenoxy) is 3. The first kappa shape index (κ1) is 22.9. The summed E-state index contributed by atoms with van der Waals surface area (Å²) in [6.45, 7) is 5.44. The van der Waals surface area contributed by atoms with Gasteiger partial charge in [0.1, 0.15) is 13.2 Å². The lowest BCUT2D eigenvalue weighted by Crippen LogP contribution is -2.38. The van der Waals surface area contributed by atoms with Crippen molar-refractivity contribution in [3.05, 3.63) is 63.4 Å². The van der Waals surface area contributed by atoms with E-state index in [2.05, 4.69) is 4.98 Å². The fourth-order valence-electron chi connectivity index (χ4n) is 4.64. The van der Waals surface area contributed by atoms with Crippen molar-refractivity contribution < 1.29 is 22.6 Å². The summed E-state index contributed by atoms with van der Waals surface area (Å²) < 4.78 is 45.7. The van der Waals surface area contributed by atoms with Gasteiger partial charge < -0.3 is 19.2 Å². The number of benzene rings is 2. The molecule has 34 heavy (non-hydrogen) atoms. The van der Waals surface area contributed by atoms with E-state index in [0.717, 1.165) is 34.9 Å². The predicted molar refractivity (Wildman–Crippen MR) is 128 cm³/mol. The summed E-state index contributed by atoms with van der Waals surface area (Å²) in [5.41, 5.74) is 2.90. The Labute approximate surface area is 198 Å². The van der Waals surface area contributed by atoms with Crippen LogP contribution in [0.5, 0.6) is 11.5 Å². The van der Waals surface area contributed by atoms with E-state index in [9.17, 15) is 13.2 Å². The third-order valence-electron chi connectivity index (χ3n) is 6.30. The molecule has 0 spiro atoms. The number of aryl methyl sites for hydroxylation is 2. The van der Waals surface area contributed by atoms with Crippen LogP contribution in [0.1, 0.15) is 29.5 Å². The molecule has 1 fully saturated rings. The maximum atomic E-state index is 13.8. The van der Waals surface area contributed by atoms with E-state index in [4.69, 9.17) is 14.2 Å². The molecule has 2 aliphatic heterocycles. The van der Waals surface area contributed by atoms with Gasteiger partial charge in [0.05, 0.1) is 16.5 Å². The molecule has 1 N–H and O–H groups in total. The first-order valence-electron chi connectivity index (χ1n) is 11.5. The Morgan fingerprint density at radius 2 is 1.82 bits per heavy atom. The van der Waals surface area contributed by atoms with Crippen LogP contribution in [0, 0.1) is 13.8 Å². The molecule has 2 aliphatic rings. The van der Waals surface area contributed by atoms with Gasteiger partial charge in [-0.05, 0) is 61.9 Å². The Kier molecular flexibility index (Phi) is 6.09. The highest BCUT2D eigenvalue weighted by Gasteiger charge is 2.31. The normalized spacial score (nSPS) is 18.0. The number of rotatable bonds is 6. The summed E-state index contributed by atoms with van der Waals surface area (Å²) in [5, 5.41) is 0.876. The van der Waals surface area contributed by atoms with Crippen LogP contribution in [0.15, 0.2) is 46.1 Å². The van der Waals surface area contributed by atoms with Gasteiger partial charge in [-0.2, -0.15) is 4.31 Å². The molecule has 2 aromatic carbocycles. The Morgan fingerprint density at radius 1 is 1.03 bits per heavy atom. The fourth-order valence-corrected chi connectivity index (χ4v) is 6.10. The molecule has 3 heterocycles. The van der Waals surface area contributed by atoms with Crippen LogP contribution < -0.4 is 15.0 Å². The number of nitrogens with one attached hydrogen (secondary N) is 1. The van der Waals surface area contributed by atoms with Gasteiger partial charge in [0, 0.05) is 31.3 Å². The Bertz CT molecular complexity index is 1390.